The lowest BCUT2D eigenvalue weighted by Crippen LogP contribution is -2.23. The maximum atomic E-state index is 13.8. The fourth-order valence-corrected chi connectivity index (χ4v) is 5.06. The number of rotatable bonds is 9. The molecule has 0 spiro atoms. The van der Waals surface area contributed by atoms with E-state index in [-0.39, 0.29) is 17.2 Å². The molecule has 0 unspecified atom stereocenters. The molecule has 0 atom stereocenters. The Balaban J connectivity index is 1.52. The third kappa shape index (κ3) is 5.35. The zero-order chi connectivity index (χ0) is 26.5. The van der Waals surface area contributed by atoms with Crippen LogP contribution < -0.4 is 15.6 Å². The Bertz CT molecular complexity index is 1630. The Morgan fingerprint density at radius 1 is 1.03 bits per heavy atom. The van der Waals surface area contributed by atoms with Gasteiger partial charge in [-0.15, -0.1) is 0 Å². The van der Waals surface area contributed by atoms with Crippen LogP contribution in [0.5, 0.6) is 5.75 Å². The zero-order valence-electron chi connectivity index (χ0n) is 21.2. The number of carbonyl (C=O) groups excluding carboxylic acids is 1. The molecule has 2 N–H and O–H groups in total. The minimum Gasteiger partial charge on any atom is -0.494 e. The number of carbonyl (C=O) groups is 1. The Morgan fingerprint density at radius 2 is 1.82 bits per heavy atom. The standard InChI is InChI=1S/C30H28N4O3S/c1-3-20-9-8-12-22(17-20)32-26(35)19-38-30-33-27-25(21-10-6-5-7-11-21)18-31-28(27)29(36)34(30)23-13-15-24(16-14-23)37-4-2/h5-18,31H,3-4,19H2,1-2H3,(H,32,35). The summed E-state index contributed by atoms with van der Waals surface area (Å²) in [5.74, 6) is 0.636. The molecule has 1 amide bonds. The number of nitrogens with one attached hydrogen (secondary N) is 2. The second-order valence-corrected chi connectivity index (χ2v) is 9.59. The third-order valence-corrected chi connectivity index (χ3v) is 7.05. The number of nitrogens with zero attached hydrogens (tertiary/aromatic N) is 2. The predicted molar refractivity (Wildman–Crippen MR) is 153 cm³/mol. The van der Waals surface area contributed by atoms with Crippen LogP contribution in [-0.4, -0.2) is 32.8 Å². The molecular formula is C30H28N4O3S. The molecule has 0 aliphatic rings. The molecule has 3 aromatic carbocycles. The summed E-state index contributed by atoms with van der Waals surface area (Å²) < 4.78 is 7.11. The zero-order valence-corrected chi connectivity index (χ0v) is 22.0. The highest BCUT2D eigenvalue weighted by molar-refractivity contribution is 7.99. The van der Waals surface area contributed by atoms with Crippen LogP contribution in [-0.2, 0) is 11.2 Å². The van der Waals surface area contributed by atoms with E-state index in [0.717, 1.165) is 28.8 Å². The predicted octanol–water partition coefficient (Wildman–Crippen LogP) is 6.07. The summed E-state index contributed by atoms with van der Waals surface area (Å²) in [6.45, 7) is 4.54. The lowest BCUT2D eigenvalue weighted by Gasteiger charge is -2.13. The summed E-state index contributed by atoms with van der Waals surface area (Å²) >= 11 is 1.22. The van der Waals surface area contributed by atoms with Crippen LogP contribution in [0.25, 0.3) is 27.8 Å². The van der Waals surface area contributed by atoms with Gasteiger partial charge in [0.2, 0.25) is 5.91 Å². The average Bonchev–Trinajstić information content (AvgIpc) is 3.38. The van der Waals surface area contributed by atoms with Crippen molar-refractivity contribution in [3.05, 3.63) is 101 Å². The van der Waals surface area contributed by atoms with Crippen LogP contribution in [0.2, 0.25) is 0 Å². The van der Waals surface area contributed by atoms with Gasteiger partial charge >= 0.3 is 0 Å². The van der Waals surface area contributed by atoms with Crippen molar-refractivity contribution in [1.82, 2.24) is 14.5 Å². The fourth-order valence-electron chi connectivity index (χ4n) is 4.26. The Labute approximate surface area is 224 Å². The minimum atomic E-state index is -0.236. The highest BCUT2D eigenvalue weighted by Gasteiger charge is 2.19. The molecule has 5 aromatic rings. The van der Waals surface area contributed by atoms with Crippen molar-refractivity contribution in [2.24, 2.45) is 0 Å². The van der Waals surface area contributed by atoms with E-state index < -0.39 is 0 Å². The molecule has 0 aliphatic carbocycles. The van der Waals surface area contributed by atoms with E-state index in [2.05, 4.69) is 17.2 Å². The first kappa shape index (κ1) is 25.4. The number of ether oxygens (including phenoxy) is 1. The van der Waals surface area contributed by atoms with Gasteiger partial charge in [0, 0.05) is 17.4 Å². The molecule has 0 bridgehead atoms. The van der Waals surface area contributed by atoms with Crippen molar-refractivity contribution in [2.75, 3.05) is 17.7 Å². The van der Waals surface area contributed by atoms with Gasteiger partial charge in [-0.25, -0.2) is 4.98 Å². The largest absolute Gasteiger partial charge is 0.494 e. The number of aromatic amines is 1. The van der Waals surface area contributed by atoms with Crippen molar-refractivity contribution in [3.8, 4) is 22.6 Å². The number of hydrogen-bond acceptors (Lipinski definition) is 5. The summed E-state index contributed by atoms with van der Waals surface area (Å²) in [5, 5.41) is 3.39. The first-order valence-electron chi connectivity index (χ1n) is 12.5. The Morgan fingerprint density at radius 3 is 2.55 bits per heavy atom. The topological polar surface area (TPSA) is 89.0 Å². The highest BCUT2D eigenvalue weighted by atomic mass is 32.2. The van der Waals surface area contributed by atoms with Crippen molar-refractivity contribution >= 4 is 34.4 Å². The number of H-pyrrole nitrogens is 1. The summed E-state index contributed by atoms with van der Waals surface area (Å²) in [5.41, 5.74) is 5.06. The second-order valence-electron chi connectivity index (χ2n) is 8.64. The molecule has 2 aromatic heterocycles. The van der Waals surface area contributed by atoms with E-state index in [0.29, 0.717) is 34.2 Å². The molecule has 0 saturated carbocycles. The molecule has 0 saturated heterocycles. The van der Waals surface area contributed by atoms with Crippen LogP contribution in [0.4, 0.5) is 5.69 Å². The molecular weight excluding hydrogens is 496 g/mol. The van der Waals surface area contributed by atoms with Gasteiger partial charge in [-0.05, 0) is 60.9 Å². The quantitative estimate of drug-likeness (QED) is 0.180. The molecule has 0 fully saturated rings. The molecule has 2 heterocycles. The van der Waals surface area contributed by atoms with Crippen LogP contribution in [0, 0.1) is 0 Å². The monoisotopic (exact) mass is 524 g/mol. The van der Waals surface area contributed by atoms with Gasteiger partial charge in [-0.2, -0.15) is 0 Å². The van der Waals surface area contributed by atoms with Crippen molar-refractivity contribution in [3.63, 3.8) is 0 Å². The molecule has 5 rings (SSSR count). The van der Waals surface area contributed by atoms with Crippen LogP contribution >= 0.6 is 11.8 Å². The van der Waals surface area contributed by atoms with E-state index in [9.17, 15) is 9.59 Å². The number of aromatic nitrogens is 3. The number of anilines is 1. The molecule has 0 radical (unpaired) electrons. The molecule has 7 nitrogen and oxygen atoms in total. The second kappa shape index (κ2) is 11.4. The normalized spacial score (nSPS) is 11.0. The lowest BCUT2D eigenvalue weighted by atomic mass is 10.1. The van der Waals surface area contributed by atoms with E-state index in [1.165, 1.54) is 11.8 Å². The summed E-state index contributed by atoms with van der Waals surface area (Å²) in [4.78, 5) is 34.6. The highest BCUT2D eigenvalue weighted by Crippen LogP contribution is 2.29. The SMILES string of the molecule is CCOc1ccc(-n2c(SCC(=O)Nc3cccc(CC)c3)nc3c(-c4ccccc4)c[nH]c3c2=O)cc1. The van der Waals surface area contributed by atoms with E-state index in [4.69, 9.17) is 9.72 Å². The maximum absolute atomic E-state index is 13.8. The average molecular weight is 525 g/mol. The van der Waals surface area contributed by atoms with Gasteiger partial charge in [0.25, 0.3) is 5.56 Å². The van der Waals surface area contributed by atoms with Crippen LogP contribution in [0.15, 0.2) is 95.0 Å². The van der Waals surface area contributed by atoms with Crippen molar-refractivity contribution in [2.45, 2.75) is 25.4 Å². The van der Waals surface area contributed by atoms with Crippen molar-refractivity contribution < 1.29 is 9.53 Å². The number of amides is 1. The minimum absolute atomic E-state index is 0.0937. The number of thioether (sulfide) groups is 1. The van der Waals surface area contributed by atoms with Gasteiger partial charge in [-0.1, -0.05) is 61.2 Å². The maximum Gasteiger partial charge on any atom is 0.283 e. The number of hydrogen-bond donors (Lipinski definition) is 2. The van der Waals surface area contributed by atoms with E-state index >= 15 is 0 Å². The summed E-state index contributed by atoms with van der Waals surface area (Å²) in [7, 11) is 0. The molecule has 192 valence electrons. The van der Waals surface area contributed by atoms with E-state index in [1.807, 2.05) is 85.8 Å². The smallest absolute Gasteiger partial charge is 0.283 e. The number of benzene rings is 3. The third-order valence-electron chi connectivity index (χ3n) is 6.11. The van der Waals surface area contributed by atoms with Gasteiger partial charge in [-0.3, -0.25) is 14.2 Å². The van der Waals surface area contributed by atoms with Crippen molar-refractivity contribution in [1.29, 1.82) is 0 Å². The fraction of sp³-hybridized carbons (Fsp3) is 0.167. The molecule has 38 heavy (non-hydrogen) atoms. The first-order valence-corrected chi connectivity index (χ1v) is 13.5. The molecule has 0 aliphatic heterocycles. The summed E-state index contributed by atoms with van der Waals surface area (Å²) in [6.07, 6.45) is 2.69. The van der Waals surface area contributed by atoms with Gasteiger partial charge < -0.3 is 15.0 Å². The lowest BCUT2D eigenvalue weighted by molar-refractivity contribution is -0.113. The van der Waals surface area contributed by atoms with Gasteiger partial charge in [0.1, 0.15) is 16.8 Å². The summed E-state index contributed by atoms with van der Waals surface area (Å²) in [6, 6.07) is 24.9. The van der Waals surface area contributed by atoms with E-state index in [1.54, 1.807) is 10.8 Å². The van der Waals surface area contributed by atoms with Gasteiger partial charge in [0.05, 0.1) is 18.0 Å². The number of aryl methyl sites for hydroxylation is 1. The first-order chi connectivity index (χ1) is 18.6. The number of fused-ring (bicyclic) bond motifs is 1. The van der Waals surface area contributed by atoms with Crippen LogP contribution in [0.3, 0.4) is 0 Å². The van der Waals surface area contributed by atoms with Crippen LogP contribution in [0.1, 0.15) is 19.4 Å². The Kier molecular flexibility index (Phi) is 7.60. The van der Waals surface area contributed by atoms with Gasteiger partial charge in [0.15, 0.2) is 5.16 Å². The molecule has 8 heteroatoms. The Hall–Kier alpha value is -4.30.